The van der Waals surface area contributed by atoms with Gasteiger partial charge in [0.15, 0.2) is 5.11 Å². The Hall–Kier alpha value is -1.49. The maximum atomic E-state index is 5.29. The molecule has 0 aromatic heterocycles. The summed E-state index contributed by atoms with van der Waals surface area (Å²) in [6.07, 6.45) is 1.02. The van der Waals surface area contributed by atoms with E-state index >= 15 is 0 Å². The van der Waals surface area contributed by atoms with Crippen molar-refractivity contribution in [3.8, 4) is 11.5 Å². The van der Waals surface area contributed by atoms with Crippen LogP contribution in [0.15, 0.2) is 18.2 Å². The van der Waals surface area contributed by atoms with E-state index < -0.39 is 0 Å². The highest BCUT2D eigenvalue weighted by molar-refractivity contribution is 7.80. The van der Waals surface area contributed by atoms with Gasteiger partial charge >= 0.3 is 0 Å². The van der Waals surface area contributed by atoms with E-state index in [1.807, 2.05) is 18.2 Å². The Morgan fingerprint density at radius 3 is 2.61 bits per heavy atom. The predicted molar refractivity (Wildman–Crippen MR) is 78.7 cm³/mol. The van der Waals surface area contributed by atoms with Crippen LogP contribution in [-0.2, 0) is 0 Å². The first-order valence-corrected chi connectivity index (χ1v) is 6.31. The summed E-state index contributed by atoms with van der Waals surface area (Å²) in [5.41, 5.74) is 0.819. The first-order chi connectivity index (χ1) is 8.60. The summed E-state index contributed by atoms with van der Waals surface area (Å²) in [4.78, 5) is 0. The molecule has 0 fully saturated rings. The molecule has 0 radical (unpaired) electrons. The van der Waals surface area contributed by atoms with Crippen LogP contribution in [0.3, 0.4) is 0 Å². The van der Waals surface area contributed by atoms with Crippen molar-refractivity contribution in [1.82, 2.24) is 5.32 Å². The van der Waals surface area contributed by atoms with E-state index in [1.165, 1.54) is 0 Å². The van der Waals surface area contributed by atoms with Gasteiger partial charge < -0.3 is 20.1 Å². The second-order valence-electron chi connectivity index (χ2n) is 3.97. The Balaban J connectivity index is 2.74. The lowest BCUT2D eigenvalue weighted by molar-refractivity contribution is 0.395. The van der Waals surface area contributed by atoms with E-state index in [-0.39, 0.29) is 0 Å². The normalized spacial score (nSPS) is 11.6. The summed E-state index contributed by atoms with van der Waals surface area (Å²) in [5.74, 6) is 1.45. The summed E-state index contributed by atoms with van der Waals surface area (Å²) in [5, 5.41) is 6.90. The predicted octanol–water partition coefficient (Wildman–Crippen LogP) is 2.79. The van der Waals surface area contributed by atoms with Crippen LogP contribution < -0.4 is 20.1 Å². The standard InChI is InChI=1S/C13H20N2O2S/c1-5-9(2)14-13(18)15-11-7-6-10(16-3)8-12(11)17-4/h6-9H,5H2,1-4H3,(H2,14,15,18)/t9-/m1/s1. The quantitative estimate of drug-likeness (QED) is 0.804. The van der Waals surface area contributed by atoms with Gasteiger partial charge in [-0.15, -0.1) is 0 Å². The molecule has 2 N–H and O–H groups in total. The van der Waals surface area contributed by atoms with Gasteiger partial charge in [-0.25, -0.2) is 0 Å². The first-order valence-electron chi connectivity index (χ1n) is 5.90. The molecule has 100 valence electrons. The maximum absolute atomic E-state index is 5.29. The highest BCUT2D eigenvalue weighted by Gasteiger charge is 2.07. The van der Waals surface area contributed by atoms with Crippen molar-refractivity contribution in [2.24, 2.45) is 0 Å². The second kappa shape index (κ2) is 7.06. The molecule has 1 aromatic rings. The lowest BCUT2D eigenvalue weighted by Crippen LogP contribution is -2.35. The lowest BCUT2D eigenvalue weighted by atomic mass is 10.2. The van der Waals surface area contributed by atoms with Gasteiger partial charge in [0.25, 0.3) is 0 Å². The molecule has 0 heterocycles. The van der Waals surface area contributed by atoms with E-state index in [0.29, 0.717) is 16.9 Å². The Kier molecular flexibility index (Phi) is 5.71. The summed E-state index contributed by atoms with van der Waals surface area (Å²) >= 11 is 5.24. The van der Waals surface area contributed by atoms with Gasteiger partial charge in [-0.3, -0.25) is 0 Å². The number of hydrogen-bond donors (Lipinski definition) is 2. The SMILES string of the molecule is CC[C@@H](C)NC(=S)Nc1ccc(OC)cc1OC. The third kappa shape index (κ3) is 4.07. The summed E-state index contributed by atoms with van der Waals surface area (Å²) in [6, 6.07) is 5.89. The molecule has 4 nitrogen and oxygen atoms in total. The molecular weight excluding hydrogens is 248 g/mol. The molecule has 0 saturated heterocycles. The monoisotopic (exact) mass is 268 g/mol. The van der Waals surface area contributed by atoms with Crippen LogP contribution in [0.5, 0.6) is 11.5 Å². The van der Waals surface area contributed by atoms with Gasteiger partial charge in [0, 0.05) is 12.1 Å². The van der Waals surface area contributed by atoms with Gasteiger partial charge in [0.2, 0.25) is 0 Å². The minimum Gasteiger partial charge on any atom is -0.497 e. The highest BCUT2D eigenvalue weighted by Crippen LogP contribution is 2.28. The zero-order chi connectivity index (χ0) is 13.5. The van der Waals surface area contributed by atoms with E-state index in [0.717, 1.165) is 17.9 Å². The van der Waals surface area contributed by atoms with Gasteiger partial charge in [-0.2, -0.15) is 0 Å². The van der Waals surface area contributed by atoms with Crippen molar-refractivity contribution < 1.29 is 9.47 Å². The molecular formula is C13H20N2O2S. The number of methoxy groups -OCH3 is 2. The first kappa shape index (κ1) is 14.6. The lowest BCUT2D eigenvalue weighted by Gasteiger charge is -2.17. The van der Waals surface area contributed by atoms with Crippen LogP contribution in [0.2, 0.25) is 0 Å². The molecule has 0 aliphatic carbocycles. The number of benzene rings is 1. The van der Waals surface area contributed by atoms with Crippen molar-refractivity contribution in [2.75, 3.05) is 19.5 Å². The number of rotatable bonds is 5. The zero-order valence-electron chi connectivity index (χ0n) is 11.2. The van der Waals surface area contributed by atoms with Gasteiger partial charge in [-0.1, -0.05) is 6.92 Å². The zero-order valence-corrected chi connectivity index (χ0v) is 12.1. The van der Waals surface area contributed by atoms with E-state index in [2.05, 4.69) is 24.5 Å². The van der Waals surface area contributed by atoms with Gasteiger partial charge in [0.05, 0.1) is 19.9 Å². The fraction of sp³-hybridized carbons (Fsp3) is 0.462. The van der Waals surface area contributed by atoms with Crippen molar-refractivity contribution in [2.45, 2.75) is 26.3 Å². The van der Waals surface area contributed by atoms with Crippen LogP contribution in [-0.4, -0.2) is 25.4 Å². The molecule has 1 aromatic carbocycles. The largest absolute Gasteiger partial charge is 0.497 e. The molecule has 0 aliphatic heterocycles. The van der Waals surface area contributed by atoms with Crippen molar-refractivity contribution >= 4 is 23.0 Å². The Morgan fingerprint density at radius 2 is 2.06 bits per heavy atom. The van der Waals surface area contributed by atoms with Gasteiger partial charge in [0.1, 0.15) is 11.5 Å². The minimum atomic E-state index is 0.342. The van der Waals surface area contributed by atoms with Crippen molar-refractivity contribution in [3.05, 3.63) is 18.2 Å². The third-order valence-electron chi connectivity index (χ3n) is 2.65. The summed E-state index contributed by atoms with van der Waals surface area (Å²) in [6.45, 7) is 4.19. The maximum Gasteiger partial charge on any atom is 0.171 e. The van der Waals surface area contributed by atoms with E-state index in [4.69, 9.17) is 21.7 Å². The fourth-order valence-corrected chi connectivity index (χ4v) is 1.70. The molecule has 0 bridgehead atoms. The Bertz CT molecular complexity index is 410. The van der Waals surface area contributed by atoms with Gasteiger partial charge in [-0.05, 0) is 37.7 Å². The number of ether oxygens (including phenoxy) is 2. The minimum absolute atomic E-state index is 0.342. The number of hydrogen-bond acceptors (Lipinski definition) is 3. The number of thiocarbonyl (C=S) groups is 1. The van der Waals surface area contributed by atoms with Crippen LogP contribution in [0.4, 0.5) is 5.69 Å². The second-order valence-corrected chi connectivity index (χ2v) is 4.38. The average molecular weight is 268 g/mol. The van der Waals surface area contributed by atoms with Crippen LogP contribution >= 0.6 is 12.2 Å². The molecule has 5 heteroatoms. The van der Waals surface area contributed by atoms with Crippen LogP contribution in [0, 0.1) is 0 Å². The van der Waals surface area contributed by atoms with E-state index in [1.54, 1.807) is 14.2 Å². The van der Waals surface area contributed by atoms with Crippen molar-refractivity contribution in [3.63, 3.8) is 0 Å². The average Bonchev–Trinajstić information content (AvgIpc) is 2.38. The Labute approximate surface area is 114 Å². The molecule has 0 saturated carbocycles. The molecule has 18 heavy (non-hydrogen) atoms. The van der Waals surface area contributed by atoms with Crippen molar-refractivity contribution in [1.29, 1.82) is 0 Å². The van der Waals surface area contributed by atoms with Crippen LogP contribution in [0.1, 0.15) is 20.3 Å². The third-order valence-corrected chi connectivity index (χ3v) is 2.87. The molecule has 0 amide bonds. The smallest absolute Gasteiger partial charge is 0.171 e. The molecule has 1 rings (SSSR count). The topological polar surface area (TPSA) is 42.5 Å². The fourth-order valence-electron chi connectivity index (χ4n) is 1.39. The molecule has 0 aliphatic rings. The highest BCUT2D eigenvalue weighted by atomic mass is 32.1. The molecule has 1 atom stereocenters. The number of nitrogens with one attached hydrogen (secondary N) is 2. The Morgan fingerprint density at radius 1 is 1.33 bits per heavy atom. The number of anilines is 1. The van der Waals surface area contributed by atoms with Crippen LogP contribution in [0.25, 0.3) is 0 Å². The molecule has 0 unspecified atom stereocenters. The summed E-state index contributed by atoms with van der Waals surface area (Å²) < 4.78 is 10.4. The molecule has 0 spiro atoms. The summed E-state index contributed by atoms with van der Waals surface area (Å²) in [7, 11) is 3.24. The van der Waals surface area contributed by atoms with E-state index in [9.17, 15) is 0 Å².